The van der Waals surface area contributed by atoms with Gasteiger partial charge in [-0.2, -0.15) is 0 Å². The number of nitrogens with zero attached hydrogens (tertiary/aromatic N) is 1. The van der Waals surface area contributed by atoms with E-state index in [1.807, 2.05) is 11.0 Å². The summed E-state index contributed by atoms with van der Waals surface area (Å²) in [4.78, 5) is 13.8. The van der Waals surface area contributed by atoms with Gasteiger partial charge in [0.2, 0.25) is 0 Å². The Morgan fingerprint density at radius 2 is 2.35 bits per heavy atom. The highest BCUT2D eigenvalue weighted by atomic mass is 16.6. The van der Waals surface area contributed by atoms with Gasteiger partial charge in [-0.3, -0.25) is 0 Å². The van der Waals surface area contributed by atoms with Crippen LogP contribution in [0.5, 0.6) is 0 Å². The first-order chi connectivity index (χ1) is 9.72. The average Bonchev–Trinajstić information content (AvgIpc) is 2.81. The Hall–Kier alpha value is -1.55. The maximum absolute atomic E-state index is 12.0. The smallest absolute Gasteiger partial charge is 0.410 e. The molecule has 0 saturated carbocycles. The van der Waals surface area contributed by atoms with Gasteiger partial charge in [-0.1, -0.05) is 29.8 Å². The van der Waals surface area contributed by atoms with Crippen molar-refractivity contribution >= 4 is 6.09 Å². The molecule has 1 aromatic carbocycles. The number of rotatable bonds is 3. The summed E-state index contributed by atoms with van der Waals surface area (Å²) in [6, 6.07) is 8.30. The molecule has 2 fully saturated rings. The van der Waals surface area contributed by atoms with Crippen LogP contribution in [0.2, 0.25) is 0 Å². The number of benzene rings is 1. The van der Waals surface area contributed by atoms with Gasteiger partial charge in [0.1, 0.15) is 6.10 Å². The number of hydrogen-bond acceptors (Lipinski definition) is 3. The molecule has 0 aromatic heterocycles. The maximum Gasteiger partial charge on any atom is 0.410 e. The Balaban J connectivity index is 1.62. The van der Waals surface area contributed by atoms with Crippen molar-refractivity contribution in [1.29, 1.82) is 0 Å². The summed E-state index contributed by atoms with van der Waals surface area (Å²) in [6.07, 6.45) is 2.22. The van der Waals surface area contributed by atoms with E-state index in [0.717, 1.165) is 26.1 Å². The van der Waals surface area contributed by atoms with Crippen LogP contribution in [-0.2, 0) is 11.3 Å². The zero-order chi connectivity index (χ0) is 13.9. The van der Waals surface area contributed by atoms with Crippen LogP contribution >= 0.6 is 0 Å². The highest BCUT2D eigenvalue weighted by Gasteiger charge is 2.36. The Kier molecular flexibility index (Phi) is 3.92. The van der Waals surface area contributed by atoms with E-state index in [0.29, 0.717) is 12.5 Å². The summed E-state index contributed by atoms with van der Waals surface area (Å²) in [7, 11) is 0. The minimum Gasteiger partial charge on any atom is -0.444 e. The van der Waals surface area contributed by atoms with Crippen LogP contribution in [-0.4, -0.2) is 36.7 Å². The topological polar surface area (TPSA) is 41.6 Å². The Morgan fingerprint density at radius 3 is 3.10 bits per heavy atom. The second-order valence-corrected chi connectivity index (χ2v) is 5.90. The predicted octanol–water partition coefficient (Wildman–Crippen LogP) is 2.32. The van der Waals surface area contributed by atoms with Crippen LogP contribution in [0.3, 0.4) is 0 Å². The van der Waals surface area contributed by atoms with Gasteiger partial charge in [-0.15, -0.1) is 0 Å². The number of carbonyl (C=O) groups excluding carboxylic acids is 1. The molecule has 4 nitrogen and oxygen atoms in total. The Bertz CT molecular complexity index is 483. The third-order valence-electron chi connectivity index (χ3n) is 4.23. The predicted molar refractivity (Wildman–Crippen MR) is 77.5 cm³/mol. The summed E-state index contributed by atoms with van der Waals surface area (Å²) in [6.45, 7) is 5.50. The SMILES string of the molecule is Cc1cccc(CN2CC(C3CCCNC3)OC2=O)c1. The zero-order valence-corrected chi connectivity index (χ0v) is 12.0. The van der Waals surface area contributed by atoms with Crippen LogP contribution in [0.25, 0.3) is 0 Å². The van der Waals surface area contributed by atoms with Gasteiger partial charge < -0.3 is 15.0 Å². The maximum atomic E-state index is 12.0. The molecule has 0 bridgehead atoms. The number of hydrogen-bond donors (Lipinski definition) is 1. The molecular formula is C16H22N2O2. The molecule has 0 aliphatic carbocycles. The first-order valence-corrected chi connectivity index (χ1v) is 7.44. The molecule has 108 valence electrons. The normalized spacial score (nSPS) is 26.6. The average molecular weight is 274 g/mol. The molecule has 20 heavy (non-hydrogen) atoms. The fourth-order valence-corrected chi connectivity index (χ4v) is 3.13. The van der Waals surface area contributed by atoms with Crippen molar-refractivity contribution in [2.75, 3.05) is 19.6 Å². The van der Waals surface area contributed by atoms with Crippen molar-refractivity contribution < 1.29 is 9.53 Å². The third kappa shape index (κ3) is 2.96. The van der Waals surface area contributed by atoms with Crippen LogP contribution in [0.4, 0.5) is 4.79 Å². The quantitative estimate of drug-likeness (QED) is 0.919. The molecule has 0 radical (unpaired) electrons. The van der Waals surface area contributed by atoms with Crippen LogP contribution in [0.1, 0.15) is 24.0 Å². The lowest BCUT2D eigenvalue weighted by Gasteiger charge is -2.26. The molecule has 3 rings (SSSR count). The van der Waals surface area contributed by atoms with Crippen molar-refractivity contribution in [3.05, 3.63) is 35.4 Å². The van der Waals surface area contributed by atoms with E-state index in [1.54, 1.807) is 0 Å². The molecule has 2 unspecified atom stereocenters. The van der Waals surface area contributed by atoms with Gasteiger partial charge in [0, 0.05) is 19.0 Å². The van der Waals surface area contributed by atoms with Gasteiger partial charge in [-0.05, 0) is 31.9 Å². The lowest BCUT2D eigenvalue weighted by atomic mass is 9.94. The first kappa shape index (κ1) is 13.4. The van der Waals surface area contributed by atoms with E-state index >= 15 is 0 Å². The summed E-state index contributed by atoms with van der Waals surface area (Å²) in [5.74, 6) is 0.468. The molecule has 4 heteroatoms. The van der Waals surface area contributed by atoms with Crippen LogP contribution < -0.4 is 5.32 Å². The van der Waals surface area contributed by atoms with E-state index in [9.17, 15) is 4.79 Å². The van der Waals surface area contributed by atoms with Crippen LogP contribution in [0, 0.1) is 12.8 Å². The lowest BCUT2D eigenvalue weighted by molar-refractivity contribution is 0.0926. The molecule has 2 aliphatic rings. The standard InChI is InChI=1S/C16H22N2O2/c1-12-4-2-5-13(8-12)10-18-11-15(20-16(18)19)14-6-3-7-17-9-14/h2,4-5,8,14-15,17H,3,6-7,9-11H2,1H3. The van der Waals surface area contributed by atoms with E-state index in [-0.39, 0.29) is 12.2 Å². The molecule has 2 atom stereocenters. The van der Waals surface area contributed by atoms with Gasteiger partial charge in [0.15, 0.2) is 0 Å². The van der Waals surface area contributed by atoms with Gasteiger partial charge in [0.05, 0.1) is 6.54 Å². The summed E-state index contributed by atoms with van der Waals surface area (Å²) < 4.78 is 5.56. The van der Waals surface area contributed by atoms with E-state index < -0.39 is 0 Å². The van der Waals surface area contributed by atoms with E-state index in [2.05, 4.69) is 30.4 Å². The number of ether oxygens (including phenoxy) is 1. The monoisotopic (exact) mass is 274 g/mol. The van der Waals surface area contributed by atoms with E-state index in [4.69, 9.17) is 4.74 Å². The first-order valence-electron chi connectivity index (χ1n) is 7.44. The minimum absolute atomic E-state index is 0.0557. The Morgan fingerprint density at radius 1 is 1.45 bits per heavy atom. The third-order valence-corrected chi connectivity index (χ3v) is 4.23. The van der Waals surface area contributed by atoms with E-state index in [1.165, 1.54) is 17.5 Å². The zero-order valence-electron chi connectivity index (χ0n) is 12.0. The fraction of sp³-hybridized carbons (Fsp3) is 0.562. The Labute approximate surface area is 120 Å². The number of carbonyl (C=O) groups is 1. The number of cyclic esters (lactones) is 1. The lowest BCUT2D eigenvalue weighted by Crippen LogP contribution is -2.38. The molecule has 1 amide bonds. The van der Waals surface area contributed by atoms with Gasteiger partial charge in [0.25, 0.3) is 0 Å². The number of nitrogens with one attached hydrogen (secondary N) is 1. The molecule has 1 aromatic rings. The fourth-order valence-electron chi connectivity index (χ4n) is 3.13. The van der Waals surface area contributed by atoms with Gasteiger partial charge in [-0.25, -0.2) is 4.79 Å². The molecule has 2 saturated heterocycles. The number of amides is 1. The molecule has 2 aliphatic heterocycles. The van der Waals surface area contributed by atoms with Gasteiger partial charge >= 0.3 is 6.09 Å². The van der Waals surface area contributed by atoms with Crippen molar-refractivity contribution in [2.24, 2.45) is 5.92 Å². The summed E-state index contributed by atoms with van der Waals surface area (Å²) in [5, 5.41) is 3.39. The molecule has 0 spiro atoms. The molecule has 1 N–H and O–H groups in total. The molecule has 2 heterocycles. The minimum atomic E-state index is -0.165. The number of piperidine rings is 1. The summed E-state index contributed by atoms with van der Waals surface area (Å²) in [5.41, 5.74) is 2.40. The second kappa shape index (κ2) is 5.83. The number of aryl methyl sites for hydroxylation is 1. The highest BCUT2D eigenvalue weighted by molar-refractivity contribution is 5.70. The van der Waals surface area contributed by atoms with Crippen molar-refractivity contribution in [2.45, 2.75) is 32.4 Å². The van der Waals surface area contributed by atoms with Crippen molar-refractivity contribution in [3.8, 4) is 0 Å². The highest BCUT2D eigenvalue weighted by Crippen LogP contribution is 2.24. The summed E-state index contributed by atoms with van der Waals surface area (Å²) >= 11 is 0. The van der Waals surface area contributed by atoms with Crippen molar-refractivity contribution in [1.82, 2.24) is 10.2 Å². The van der Waals surface area contributed by atoms with Crippen LogP contribution in [0.15, 0.2) is 24.3 Å². The largest absolute Gasteiger partial charge is 0.444 e. The second-order valence-electron chi connectivity index (χ2n) is 5.90. The van der Waals surface area contributed by atoms with Crippen molar-refractivity contribution in [3.63, 3.8) is 0 Å². The molecular weight excluding hydrogens is 252 g/mol.